The Bertz CT molecular complexity index is 592. The highest BCUT2D eigenvalue weighted by Crippen LogP contribution is 2.15. The molecule has 4 nitrogen and oxygen atoms in total. The second-order valence-electron chi connectivity index (χ2n) is 15.9. The summed E-state index contributed by atoms with van der Waals surface area (Å²) in [7, 11) is 0. The molecule has 48 heavy (non-hydrogen) atoms. The summed E-state index contributed by atoms with van der Waals surface area (Å²) in [5.74, 6) is 0. The lowest BCUT2D eigenvalue weighted by atomic mass is 10.0. The predicted molar refractivity (Wildman–Crippen MR) is 218 cm³/mol. The van der Waals surface area contributed by atoms with Crippen molar-refractivity contribution in [1.82, 2.24) is 20.4 Å². The van der Waals surface area contributed by atoms with Crippen LogP contribution < -0.4 is 10.6 Å². The zero-order valence-electron chi connectivity index (χ0n) is 33.8. The molecule has 2 N–H and O–H groups in total. The first kappa shape index (κ1) is 45.9. The van der Waals surface area contributed by atoms with Gasteiger partial charge in [0.05, 0.1) is 0 Å². The van der Waals surface area contributed by atoms with E-state index in [0.29, 0.717) is 6.04 Å². The van der Waals surface area contributed by atoms with Gasteiger partial charge in [-0.1, -0.05) is 201 Å². The highest BCUT2D eigenvalue weighted by Gasteiger charge is 2.16. The first-order valence-corrected chi connectivity index (χ1v) is 22.7. The molecule has 1 atom stereocenters. The van der Waals surface area contributed by atoms with Gasteiger partial charge >= 0.3 is 0 Å². The number of piperazine rings is 1. The summed E-state index contributed by atoms with van der Waals surface area (Å²) in [4.78, 5) is 5.58. The lowest BCUT2D eigenvalue weighted by molar-refractivity contribution is 0.173. The van der Waals surface area contributed by atoms with E-state index in [4.69, 9.17) is 0 Å². The van der Waals surface area contributed by atoms with Crippen LogP contribution in [0.3, 0.4) is 0 Å². The zero-order chi connectivity index (χ0) is 34.4. The quantitative estimate of drug-likeness (QED) is 0.0634. The van der Waals surface area contributed by atoms with Crippen molar-refractivity contribution in [1.29, 1.82) is 0 Å². The number of nitrogens with one attached hydrogen (secondary N) is 2. The third-order valence-corrected chi connectivity index (χ3v) is 11.1. The maximum Gasteiger partial charge on any atom is 0.0195 e. The lowest BCUT2D eigenvalue weighted by Crippen LogP contribution is -2.48. The second-order valence-corrected chi connectivity index (χ2v) is 15.9. The Hall–Kier alpha value is -0.160. The third-order valence-electron chi connectivity index (χ3n) is 11.1. The summed E-state index contributed by atoms with van der Waals surface area (Å²) in [6.45, 7) is 18.1. The minimum absolute atomic E-state index is 0.670. The van der Waals surface area contributed by atoms with E-state index in [0.717, 1.165) is 0 Å². The van der Waals surface area contributed by atoms with Crippen LogP contribution in [-0.2, 0) is 0 Å². The molecular formula is C44H92N4. The van der Waals surface area contributed by atoms with Crippen molar-refractivity contribution in [3.05, 3.63) is 0 Å². The van der Waals surface area contributed by atoms with Crippen molar-refractivity contribution in [2.45, 2.75) is 226 Å². The van der Waals surface area contributed by atoms with Gasteiger partial charge in [-0.3, -0.25) is 4.90 Å². The minimum atomic E-state index is 0.670. The Morgan fingerprint density at radius 3 is 1.33 bits per heavy atom. The summed E-state index contributed by atoms with van der Waals surface area (Å²) < 4.78 is 0. The average Bonchev–Trinajstić information content (AvgIpc) is 3.11. The predicted octanol–water partition coefficient (Wildman–Crippen LogP) is 12.3. The average molecular weight is 677 g/mol. The van der Waals surface area contributed by atoms with E-state index in [1.807, 2.05) is 0 Å². The molecule has 0 radical (unpaired) electrons. The van der Waals surface area contributed by atoms with E-state index >= 15 is 0 Å². The summed E-state index contributed by atoms with van der Waals surface area (Å²) in [5, 5.41) is 7.67. The van der Waals surface area contributed by atoms with Crippen LogP contribution in [0.25, 0.3) is 0 Å². The van der Waals surface area contributed by atoms with E-state index in [1.54, 1.807) is 0 Å². The Morgan fingerprint density at radius 2 is 0.875 bits per heavy atom. The van der Waals surface area contributed by atoms with E-state index in [1.165, 1.54) is 258 Å². The smallest absolute Gasteiger partial charge is 0.0195 e. The van der Waals surface area contributed by atoms with Gasteiger partial charge < -0.3 is 15.5 Å². The van der Waals surface area contributed by atoms with Crippen molar-refractivity contribution in [2.75, 3.05) is 58.9 Å². The maximum absolute atomic E-state index is 4.12. The fourth-order valence-electron chi connectivity index (χ4n) is 7.70. The van der Waals surface area contributed by atoms with Crippen molar-refractivity contribution in [3.8, 4) is 0 Å². The summed E-state index contributed by atoms with van der Waals surface area (Å²) in [5.41, 5.74) is 0. The molecule has 0 aromatic heterocycles. The zero-order valence-corrected chi connectivity index (χ0v) is 33.8. The fraction of sp³-hybridized carbons (Fsp3) is 1.00. The molecule has 1 rings (SSSR count). The van der Waals surface area contributed by atoms with Crippen LogP contribution in [0.2, 0.25) is 0 Å². The van der Waals surface area contributed by atoms with Gasteiger partial charge in [0.2, 0.25) is 0 Å². The Balaban J connectivity index is 2.47. The van der Waals surface area contributed by atoms with Gasteiger partial charge in [-0.2, -0.15) is 0 Å². The van der Waals surface area contributed by atoms with Gasteiger partial charge in [0, 0.05) is 51.9 Å². The van der Waals surface area contributed by atoms with Crippen LogP contribution in [0.4, 0.5) is 0 Å². The Kier molecular flexibility index (Phi) is 36.4. The number of rotatable bonds is 39. The topological polar surface area (TPSA) is 30.5 Å². The monoisotopic (exact) mass is 677 g/mol. The van der Waals surface area contributed by atoms with Gasteiger partial charge in [-0.25, -0.2) is 0 Å². The summed E-state index contributed by atoms with van der Waals surface area (Å²) >= 11 is 0. The van der Waals surface area contributed by atoms with Crippen LogP contribution in [0.15, 0.2) is 0 Å². The van der Waals surface area contributed by atoms with Crippen molar-refractivity contribution in [2.24, 2.45) is 0 Å². The number of unbranched alkanes of at least 4 members (excludes halogenated alkanes) is 27. The molecule has 288 valence electrons. The largest absolute Gasteiger partial charge is 0.314 e. The van der Waals surface area contributed by atoms with Crippen LogP contribution in [0.1, 0.15) is 220 Å². The van der Waals surface area contributed by atoms with E-state index in [9.17, 15) is 0 Å². The second kappa shape index (κ2) is 38.1. The molecule has 0 amide bonds. The molecule has 0 aliphatic carbocycles. The number of hydrogen-bond acceptors (Lipinski definition) is 4. The van der Waals surface area contributed by atoms with E-state index < -0.39 is 0 Å². The van der Waals surface area contributed by atoms with Crippen LogP contribution in [0, 0.1) is 0 Å². The van der Waals surface area contributed by atoms with Gasteiger partial charge in [0.15, 0.2) is 0 Å². The highest BCUT2D eigenvalue weighted by atomic mass is 15.2. The third kappa shape index (κ3) is 31.8. The van der Waals surface area contributed by atoms with Gasteiger partial charge in [0.1, 0.15) is 0 Å². The molecule has 1 saturated heterocycles. The van der Waals surface area contributed by atoms with Crippen LogP contribution in [-0.4, -0.2) is 74.7 Å². The molecule has 1 fully saturated rings. The molecule has 1 aliphatic heterocycles. The molecule has 0 aromatic carbocycles. The SMILES string of the molecule is CCCCCCCCCCCCNC(CCCCCCCCCCCC)CN(CCCCCCCCCCCC)CCN1CCNCC1. The van der Waals surface area contributed by atoms with E-state index in [2.05, 4.69) is 41.2 Å². The molecule has 0 saturated carbocycles. The van der Waals surface area contributed by atoms with Gasteiger partial charge in [0.25, 0.3) is 0 Å². The molecule has 0 aromatic rings. The first-order valence-electron chi connectivity index (χ1n) is 22.7. The van der Waals surface area contributed by atoms with Crippen molar-refractivity contribution < 1.29 is 0 Å². The Labute approximate surface area is 304 Å². The van der Waals surface area contributed by atoms with Crippen molar-refractivity contribution >= 4 is 0 Å². The molecule has 4 heteroatoms. The minimum Gasteiger partial charge on any atom is -0.314 e. The number of nitrogens with zero attached hydrogens (tertiary/aromatic N) is 2. The van der Waals surface area contributed by atoms with Crippen LogP contribution >= 0.6 is 0 Å². The van der Waals surface area contributed by atoms with Gasteiger partial charge in [-0.05, 0) is 32.4 Å². The van der Waals surface area contributed by atoms with Gasteiger partial charge in [-0.15, -0.1) is 0 Å². The molecule has 0 spiro atoms. The van der Waals surface area contributed by atoms with Crippen molar-refractivity contribution in [3.63, 3.8) is 0 Å². The lowest BCUT2D eigenvalue weighted by Gasteiger charge is -2.32. The van der Waals surface area contributed by atoms with Crippen LogP contribution in [0.5, 0.6) is 0 Å². The molecule has 1 heterocycles. The normalized spacial score (nSPS) is 14.8. The Morgan fingerprint density at radius 1 is 0.479 bits per heavy atom. The molecule has 0 bridgehead atoms. The fourth-order valence-corrected chi connectivity index (χ4v) is 7.70. The maximum atomic E-state index is 4.12. The highest BCUT2D eigenvalue weighted by molar-refractivity contribution is 4.76. The first-order chi connectivity index (χ1) is 23.8. The summed E-state index contributed by atoms with van der Waals surface area (Å²) in [6.07, 6.45) is 44.4. The molecule has 1 unspecified atom stereocenters. The molecular weight excluding hydrogens is 585 g/mol. The number of hydrogen-bond donors (Lipinski definition) is 2. The summed E-state index contributed by atoms with van der Waals surface area (Å²) in [6, 6.07) is 0.670. The standard InChI is InChI=1S/C44H92N4/c1-4-7-10-13-16-19-22-25-28-31-34-44(46-35-32-29-26-23-20-17-14-11-8-5-2)43-48(42-41-47-39-36-45-37-40-47)38-33-30-27-24-21-18-15-12-9-6-3/h44-46H,4-43H2,1-3H3. The molecule has 1 aliphatic rings. The van der Waals surface area contributed by atoms with E-state index in [-0.39, 0.29) is 0 Å².